The number of amides is 1. The number of halogens is 1. The van der Waals surface area contributed by atoms with Gasteiger partial charge >= 0.3 is 0 Å². The van der Waals surface area contributed by atoms with Crippen molar-refractivity contribution in [2.24, 2.45) is 0 Å². The van der Waals surface area contributed by atoms with Gasteiger partial charge in [-0.2, -0.15) is 0 Å². The second-order valence-electron chi connectivity index (χ2n) is 6.48. The first-order chi connectivity index (χ1) is 12.0. The van der Waals surface area contributed by atoms with Gasteiger partial charge in [0.05, 0.1) is 24.3 Å². The van der Waals surface area contributed by atoms with Gasteiger partial charge in [0.15, 0.2) is 0 Å². The molecular weight excluding hydrogens is 339 g/mol. The summed E-state index contributed by atoms with van der Waals surface area (Å²) in [5.74, 6) is -0.311. The van der Waals surface area contributed by atoms with Crippen molar-refractivity contribution in [2.75, 3.05) is 18.0 Å². The summed E-state index contributed by atoms with van der Waals surface area (Å²) in [4.78, 5) is 15.0. The minimum Gasteiger partial charge on any atom is -0.372 e. The van der Waals surface area contributed by atoms with E-state index in [0.29, 0.717) is 31.7 Å². The molecule has 0 spiro atoms. The molecule has 1 aromatic heterocycles. The molecule has 25 heavy (non-hydrogen) atoms. The first-order valence-corrected chi connectivity index (χ1v) is 9.37. The van der Waals surface area contributed by atoms with Crippen molar-refractivity contribution in [3.8, 4) is 0 Å². The number of nitrogens with zero attached hydrogens (tertiary/aromatic N) is 1. The molecule has 134 valence electrons. The summed E-state index contributed by atoms with van der Waals surface area (Å²) >= 11 is 1.56. The smallest absolute Gasteiger partial charge is 0.225 e. The van der Waals surface area contributed by atoms with E-state index in [9.17, 15) is 9.18 Å². The predicted molar refractivity (Wildman–Crippen MR) is 98.5 cm³/mol. The molecule has 1 aromatic carbocycles. The number of carbonyl (C=O) groups is 1. The number of hydrogen-bond acceptors (Lipinski definition) is 4. The Labute approximate surface area is 151 Å². The van der Waals surface area contributed by atoms with Crippen molar-refractivity contribution < 1.29 is 13.9 Å². The summed E-state index contributed by atoms with van der Waals surface area (Å²) in [7, 11) is 0. The number of carbonyl (C=O) groups excluding carboxylic acids is 1. The number of thiophene rings is 1. The van der Waals surface area contributed by atoms with Gasteiger partial charge in [-0.05, 0) is 43.0 Å². The van der Waals surface area contributed by atoms with Gasteiger partial charge in [0.25, 0.3) is 0 Å². The molecule has 1 amide bonds. The van der Waals surface area contributed by atoms with Crippen LogP contribution in [-0.2, 0) is 22.5 Å². The van der Waals surface area contributed by atoms with Gasteiger partial charge in [-0.15, -0.1) is 11.3 Å². The Balaban J connectivity index is 1.59. The SMILES string of the molecule is CC1CN(c2ccc(CNC(=O)Cc3cccs3)cc2F)CC(C)O1. The lowest BCUT2D eigenvalue weighted by atomic mass is 10.1. The van der Waals surface area contributed by atoms with E-state index in [0.717, 1.165) is 10.4 Å². The summed E-state index contributed by atoms with van der Waals surface area (Å²) < 4.78 is 20.2. The Morgan fingerprint density at radius 3 is 2.72 bits per heavy atom. The standard InChI is InChI=1S/C19H23FN2O2S/c1-13-11-22(12-14(2)24-13)18-6-5-15(8-17(18)20)10-21-19(23)9-16-4-3-7-25-16/h3-8,13-14H,9-12H2,1-2H3,(H,21,23). The van der Waals surface area contributed by atoms with E-state index in [1.807, 2.05) is 42.3 Å². The predicted octanol–water partition coefficient (Wildman–Crippen LogP) is 3.36. The van der Waals surface area contributed by atoms with Gasteiger partial charge in [0, 0.05) is 24.5 Å². The Bertz CT molecular complexity index is 710. The van der Waals surface area contributed by atoms with Crippen LogP contribution in [0.5, 0.6) is 0 Å². The van der Waals surface area contributed by atoms with Gasteiger partial charge in [0.1, 0.15) is 5.82 Å². The molecule has 0 saturated carbocycles. The van der Waals surface area contributed by atoms with E-state index in [2.05, 4.69) is 5.32 Å². The Hall–Kier alpha value is -1.92. The third-order valence-corrected chi connectivity index (χ3v) is 5.05. The first-order valence-electron chi connectivity index (χ1n) is 8.49. The first kappa shape index (κ1) is 17.9. The van der Waals surface area contributed by atoms with Crippen molar-refractivity contribution in [1.29, 1.82) is 0 Å². The van der Waals surface area contributed by atoms with E-state index in [-0.39, 0.29) is 23.9 Å². The molecule has 2 aromatic rings. The van der Waals surface area contributed by atoms with E-state index in [1.54, 1.807) is 17.4 Å². The van der Waals surface area contributed by atoms with Gasteiger partial charge in [-0.25, -0.2) is 4.39 Å². The maximum absolute atomic E-state index is 14.5. The molecule has 6 heteroatoms. The van der Waals surface area contributed by atoms with E-state index < -0.39 is 0 Å². The Morgan fingerprint density at radius 2 is 2.08 bits per heavy atom. The zero-order valence-corrected chi connectivity index (χ0v) is 15.3. The topological polar surface area (TPSA) is 41.6 Å². The summed E-state index contributed by atoms with van der Waals surface area (Å²) in [6.07, 6.45) is 0.528. The lowest BCUT2D eigenvalue weighted by Gasteiger charge is -2.37. The highest BCUT2D eigenvalue weighted by atomic mass is 32.1. The zero-order chi connectivity index (χ0) is 17.8. The lowest BCUT2D eigenvalue weighted by Crippen LogP contribution is -2.45. The van der Waals surface area contributed by atoms with Crippen molar-refractivity contribution in [2.45, 2.75) is 39.0 Å². The molecule has 0 radical (unpaired) electrons. The third-order valence-electron chi connectivity index (χ3n) is 4.18. The van der Waals surface area contributed by atoms with Gasteiger partial charge in [-0.3, -0.25) is 4.79 Å². The van der Waals surface area contributed by atoms with Crippen LogP contribution < -0.4 is 10.2 Å². The number of hydrogen-bond donors (Lipinski definition) is 1. The highest BCUT2D eigenvalue weighted by molar-refractivity contribution is 7.10. The molecule has 0 aliphatic carbocycles. The van der Waals surface area contributed by atoms with Crippen molar-refractivity contribution in [1.82, 2.24) is 5.32 Å². The fourth-order valence-electron chi connectivity index (χ4n) is 3.13. The molecule has 1 fully saturated rings. The largest absolute Gasteiger partial charge is 0.372 e. The minimum atomic E-state index is -0.258. The molecular formula is C19H23FN2O2S. The quantitative estimate of drug-likeness (QED) is 0.887. The van der Waals surface area contributed by atoms with Crippen LogP contribution in [0.4, 0.5) is 10.1 Å². The van der Waals surface area contributed by atoms with Crippen LogP contribution >= 0.6 is 11.3 Å². The number of nitrogens with one attached hydrogen (secondary N) is 1. The molecule has 2 unspecified atom stereocenters. The van der Waals surface area contributed by atoms with Crippen LogP contribution in [0.25, 0.3) is 0 Å². The summed E-state index contributed by atoms with van der Waals surface area (Å²) in [5.41, 5.74) is 1.35. The molecule has 2 atom stereocenters. The number of ether oxygens (including phenoxy) is 1. The Morgan fingerprint density at radius 1 is 1.32 bits per heavy atom. The third kappa shape index (κ3) is 4.80. The summed E-state index contributed by atoms with van der Waals surface area (Å²) in [6, 6.07) is 9.03. The summed E-state index contributed by atoms with van der Waals surface area (Å²) in [5, 5.41) is 4.79. The molecule has 1 N–H and O–H groups in total. The fourth-order valence-corrected chi connectivity index (χ4v) is 3.83. The van der Waals surface area contributed by atoms with Crippen molar-refractivity contribution in [3.63, 3.8) is 0 Å². The van der Waals surface area contributed by atoms with Crippen LogP contribution in [0.2, 0.25) is 0 Å². The molecule has 0 bridgehead atoms. The average molecular weight is 362 g/mol. The Kier molecular flexibility index (Phi) is 5.71. The van der Waals surface area contributed by atoms with Crippen molar-refractivity contribution in [3.05, 3.63) is 52.0 Å². The van der Waals surface area contributed by atoms with E-state index in [1.165, 1.54) is 6.07 Å². The maximum Gasteiger partial charge on any atom is 0.225 e. The van der Waals surface area contributed by atoms with Crippen LogP contribution in [0.1, 0.15) is 24.3 Å². The normalized spacial score (nSPS) is 20.5. The van der Waals surface area contributed by atoms with Crippen LogP contribution in [-0.4, -0.2) is 31.2 Å². The molecule has 3 rings (SSSR count). The number of anilines is 1. The maximum atomic E-state index is 14.5. The average Bonchev–Trinajstić information content (AvgIpc) is 3.05. The van der Waals surface area contributed by atoms with Crippen LogP contribution in [0.3, 0.4) is 0 Å². The number of benzene rings is 1. The number of morpholine rings is 1. The van der Waals surface area contributed by atoms with Gasteiger partial charge < -0.3 is 15.0 Å². The van der Waals surface area contributed by atoms with Crippen LogP contribution in [0.15, 0.2) is 35.7 Å². The second-order valence-corrected chi connectivity index (χ2v) is 7.51. The highest BCUT2D eigenvalue weighted by Crippen LogP contribution is 2.24. The summed E-state index contributed by atoms with van der Waals surface area (Å²) in [6.45, 7) is 5.68. The molecule has 2 heterocycles. The molecule has 1 saturated heterocycles. The van der Waals surface area contributed by atoms with Crippen molar-refractivity contribution >= 4 is 22.9 Å². The molecule has 1 aliphatic heterocycles. The van der Waals surface area contributed by atoms with Gasteiger partial charge in [0.2, 0.25) is 5.91 Å². The zero-order valence-electron chi connectivity index (χ0n) is 14.5. The monoisotopic (exact) mass is 362 g/mol. The highest BCUT2D eigenvalue weighted by Gasteiger charge is 2.24. The van der Waals surface area contributed by atoms with Crippen LogP contribution in [0, 0.1) is 5.82 Å². The molecule has 4 nitrogen and oxygen atoms in total. The van der Waals surface area contributed by atoms with Gasteiger partial charge in [-0.1, -0.05) is 12.1 Å². The second kappa shape index (κ2) is 7.97. The fraction of sp³-hybridized carbons (Fsp3) is 0.421. The number of rotatable bonds is 5. The van der Waals surface area contributed by atoms with E-state index >= 15 is 0 Å². The minimum absolute atomic E-state index is 0.0530. The lowest BCUT2D eigenvalue weighted by molar-refractivity contribution is -0.120. The van der Waals surface area contributed by atoms with E-state index in [4.69, 9.17) is 4.74 Å². The molecule has 1 aliphatic rings.